The van der Waals surface area contributed by atoms with Crippen molar-refractivity contribution in [2.75, 3.05) is 13.2 Å². The van der Waals surface area contributed by atoms with Gasteiger partial charge in [-0.15, -0.1) is 0 Å². The van der Waals surface area contributed by atoms with Crippen LogP contribution in [0.1, 0.15) is 91.6 Å². The number of rotatable bonds is 17. The summed E-state index contributed by atoms with van der Waals surface area (Å²) >= 11 is 0. The van der Waals surface area contributed by atoms with E-state index in [4.69, 9.17) is 9.47 Å². The average molecular weight is 554 g/mol. The molecule has 0 spiro atoms. The number of carbonyl (C=O) groups excluding carboxylic acids is 2. The summed E-state index contributed by atoms with van der Waals surface area (Å²) in [6.45, 7) is 2.52. The number of phosphoric acid groups is 1. The van der Waals surface area contributed by atoms with Gasteiger partial charge in [-0.1, -0.05) is 70.6 Å². The van der Waals surface area contributed by atoms with Crippen LogP contribution in [0.15, 0.2) is 0 Å². The molecule has 0 fully saturated rings. The van der Waals surface area contributed by atoms with Crippen molar-refractivity contribution in [2.45, 2.75) is 90.6 Å². The molecule has 0 radical (unpaired) electrons. The van der Waals surface area contributed by atoms with E-state index in [1.54, 1.807) is 6.92 Å². The minimum absolute atomic E-state index is 0. The monoisotopic (exact) mass is 553 g/mol. The van der Waals surface area contributed by atoms with Crippen molar-refractivity contribution in [3.8, 4) is 35.5 Å². The van der Waals surface area contributed by atoms with Crippen LogP contribution in [0.4, 0.5) is 0 Å². The molecule has 0 aliphatic rings. The van der Waals surface area contributed by atoms with E-state index >= 15 is 0 Å². The number of carbonyl (C=O) groups is 2. The predicted octanol–water partition coefficient (Wildman–Crippen LogP) is -1.97. The normalized spacial score (nSPS) is 10.1. The molecular formula is C24H46NNa2O8P. The van der Waals surface area contributed by atoms with Crippen LogP contribution < -0.4 is 75.1 Å². The van der Waals surface area contributed by atoms with Crippen LogP contribution >= 0.6 is 7.82 Å². The Kier molecular flexibility index (Phi) is 34.7. The minimum atomic E-state index is -5.28. The summed E-state index contributed by atoms with van der Waals surface area (Å²) in [5.74, 6) is 12.4. The Hall–Kier alpha value is -0.310. The zero-order valence-corrected chi connectivity index (χ0v) is 27.1. The molecule has 9 nitrogen and oxygen atoms in total. The summed E-state index contributed by atoms with van der Waals surface area (Å²) in [4.78, 5) is 45.0. The predicted molar refractivity (Wildman–Crippen MR) is 135 cm³/mol. The standard InChI is InChI=1S/C24H35O8P.H3N.2Na.5H2/c1-3-5-7-9-10-11-12-13-15-17-19-24(26)32-22(21-31-33(27,28)29)20-30-23(25)18-16-14-8-6-4-2;;;;;;;;/h22H,3,5,7,9-13,15,17,19-21H2,1-2H3,(H2,27,28,29);1H3;;;5*1H/q;;2*+1;;;;;/p-2/t22-;;;;;;;;/m0......../s1. The SMILES string of the molecule is CC#CC#CC#CC(=O)OC[C@@H](COP(=O)([O-])[O-])OC(=O)CCCCCCCCCCCC.N.[HH].[HH].[HH].[HH].[HH].[Na+].[Na+]. The van der Waals surface area contributed by atoms with E-state index in [9.17, 15) is 23.9 Å². The van der Waals surface area contributed by atoms with Crippen molar-refractivity contribution in [3.63, 3.8) is 0 Å². The fraction of sp³-hybridized carbons (Fsp3) is 0.667. The maximum Gasteiger partial charge on any atom is 1.00 e. The second-order valence-electron chi connectivity index (χ2n) is 7.26. The summed E-state index contributed by atoms with van der Waals surface area (Å²) in [7, 11) is -5.28. The van der Waals surface area contributed by atoms with Crippen LogP contribution in [0.3, 0.4) is 0 Å². The summed E-state index contributed by atoms with van der Waals surface area (Å²) in [6.07, 6.45) is 9.98. The largest absolute Gasteiger partial charge is 1.00 e. The molecule has 0 saturated heterocycles. The van der Waals surface area contributed by atoms with Crippen LogP contribution in [-0.2, 0) is 28.2 Å². The molecular weight excluding hydrogens is 507 g/mol. The van der Waals surface area contributed by atoms with E-state index in [1.807, 2.05) is 0 Å². The van der Waals surface area contributed by atoms with Crippen molar-refractivity contribution in [1.29, 1.82) is 0 Å². The van der Waals surface area contributed by atoms with Crippen LogP contribution in [0, 0.1) is 35.5 Å². The second-order valence-corrected chi connectivity index (χ2v) is 8.41. The molecule has 0 aromatic heterocycles. The van der Waals surface area contributed by atoms with Gasteiger partial charge in [-0.2, -0.15) is 0 Å². The molecule has 36 heavy (non-hydrogen) atoms. The van der Waals surface area contributed by atoms with Gasteiger partial charge in [0.2, 0.25) is 0 Å². The van der Waals surface area contributed by atoms with Crippen LogP contribution in [0.25, 0.3) is 0 Å². The van der Waals surface area contributed by atoms with Gasteiger partial charge in [0.1, 0.15) is 6.61 Å². The van der Waals surface area contributed by atoms with Gasteiger partial charge >= 0.3 is 71.1 Å². The number of ether oxygens (including phenoxy) is 2. The Balaban J connectivity index is -0.000000183. The molecule has 0 aromatic carbocycles. The van der Waals surface area contributed by atoms with E-state index in [-0.39, 0.29) is 78.8 Å². The first kappa shape index (κ1) is 42.8. The molecule has 0 aromatic rings. The third kappa shape index (κ3) is 31.7. The quantitative estimate of drug-likeness (QED) is 0.0538. The maximum atomic E-state index is 12.0. The molecule has 1 atom stereocenters. The van der Waals surface area contributed by atoms with E-state index in [0.717, 1.165) is 19.3 Å². The first-order valence-corrected chi connectivity index (χ1v) is 12.7. The van der Waals surface area contributed by atoms with Gasteiger partial charge in [-0.25, -0.2) is 4.79 Å². The third-order valence-corrected chi connectivity index (χ3v) is 4.79. The Morgan fingerprint density at radius 1 is 0.861 bits per heavy atom. The molecule has 0 amide bonds. The number of unbranched alkanes of at least 4 members (excludes halogenated alkanes) is 9. The maximum absolute atomic E-state index is 12.0. The average Bonchev–Trinajstić information content (AvgIpc) is 2.76. The first-order chi connectivity index (χ1) is 15.8. The third-order valence-electron chi connectivity index (χ3n) is 4.33. The molecule has 0 aliphatic carbocycles. The van der Waals surface area contributed by atoms with E-state index in [2.05, 4.69) is 47.0 Å². The van der Waals surface area contributed by atoms with Gasteiger partial charge in [0.05, 0.1) is 14.4 Å². The van der Waals surface area contributed by atoms with Crippen molar-refractivity contribution in [2.24, 2.45) is 0 Å². The minimum Gasteiger partial charge on any atom is -0.790 e. The van der Waals surface area contributed by atoms with Crippen molar-refractivity contribution < 1.29 is 104 Å². The first-order valence-electron chi connectivity index (χ1n) is 11.2. The summed E-state index contributed by atoms with van der Waals surface area (Å²) in [6, 6.07) is 0. The van der Waals surface area contributed by atoms with Crippen molar-refractivity contribution in [3.05, 3.63) is 0 Å². The van der Waals surface area contributed by atoms with E-state index in [1.165, 1.54) is 38.5 Å². The molecule has 202 valence electrons. The molecule has 0 saturated carbocycles. The molecule has 0 rings (SSSR count). The second kappa shape index (κ2) is 29.2. The van der Waals surface area contributed by atoms with Gasteiger partial charge in [0.25, 0.3) is 0 Å². The topological polar surface area (TPSA) is 160 Å². The number of hydrogen-bond donors (Lipinski definition) is 1. The Morgan fingerprint density at radius 3 is 1.92 bits per heavy atom. The van der Waals surface area contributed by atoms with Crippen LogP contribution in [-0.4, -0.2) is 31.3 Å². The number of esters is 2. The van der Waals surface area contributed by atoms with E-state index in [0.29, 0.717) is 6.42 Å². The van der Waals surface area contributed by atoms with Gasteiger partial charge in [0, 0.05) is 19.5 Å². The molecule has 0 heterocycles. The van der Waals surface area contributed by atoms with E-state index < -0.39 is 39.1 Å². The summed E-state index contributed by atoms with van der Waals surface area (Å²) in [5, 5.41) is 0. The van der Waals surface area contributed by atoms with Gasteiger partial charge in [-0.3, -0.25) is 4.79 Å². The number of hydrogen-bond acceptors (Lipinski definition) is 9. The fourth-order valence-electron chi connectivity index (χ4n) is 2.70. The fourth-order valence-corrected chi connectivity index (χ4v) is 3.05. The molecule has 12 heteroatoms. The van der Waals surface area contributed by atoms with Gasteiger partial charge in [-0.05, 0) is 37.0 Å². The smallest absolute Gasteiger partial charge is 0.790 e. The zero-order valence-electron chi connectivity index (χ0n) is 22.2. The Bertz CT molecular complexity index is 837. The summed E-state index contributed by atoms with van der Waals surface area (Å²) < 4.78 is 24.8. The van der Waals surface area contributed by atoms with Crippen LogP contribution in [0.5, 0.6) is 0 Å². The van der Waals surface area contributed by atoms with Gasteiger partial charge < -0.3 is 34.5 Å². The molecule has 0 aliphatic heterocycles. The molecule has 0 bridgehead atoms. The number of phosphoric ester groups is 1. The molecule has 0 unspecified atom stereocenters. The van der Waals surface area contributed by atoms with Crippen LogP contribution in [0.2, 0.25) is 0 Å². The summed E-state index contributed by atoms with van der Waals surface area (Å²) in [5.41, 5.74) is 0. The van der Waals surface area contributed by atoms with Crippen molar-refractivity contribution >= 4 is 19.8 Å². The Labute approximate surface area is 267 Å². The molecule has 3 N–H and O–H groups in total. The van der Waals surface area contributed by atoms with Crippen molar-refractivity contribution in [1.82, 2.24) is 6.15 Å². The van der Waals surface area contributed by atoms with Gasteiger partial charge in [0.15, 0.2) is 6.10 Å². The zero-order chi connectivity index (χ0) is 24.8. The Morgan fingerprint density at radius 2 is 1.39 bits per heavy atom.